The molecule has 0 radical (unpaired) electrons. The van der Waals surface area contributed by atoms with Crippen LogP contribution in [0.3, 0.4) is 0 Å². The molecule has 1 saturated heterocycles. The maximum atomic E-state index is 12.8. The lowest BCUT2D eigenvalue weighted by atomic mass is 10.2. The molecule has 1 aliphatic heterocycles. The standard InChI is InChI=1S/C20H18F3N3O4S/c1-13-2-8-17(9-3-13)31(27,28)26-11-10-16(12-26)29-15-6-4-14(5-7-15)18-24-19(30-25-18)20(21,22)23/h2-9,16H,10-12H2,1H3/t16-/m1/s1. The summed E-state index contributed by atoms with van der Waals surface area (Å²) in [4.78, 5) is 3.58. The fourth-order valence-electron chi connectivity index (χ4n) is 3.20. The quantitative estimate of drug-likeness (QED) is 0.583. The van der Waals surface area contributed by atoms with Crippen molar-refractivity contribution in [3.05, 3.63) is 60.0 Å². The second-order valence-corrected chi connectivity index (χ2v) is 9.09. The van der Waals surface area contributed by atoms with Crippen LogP contribution < -0.4 is 4.74 Å². The van der Waals surface area contributed by atoms with Crippen LogP contribution in [0.2, 0.25) is 0 Å². The summed E-state index contributed by atoms with van der Waals surface area (Å²) in [5.74, 6) is -1.14. The highest BCUT2D eigenvalue weighted by Gasteiger charge is 2.38. The molecule has 7 nitrogen and oxygen atoms in total. The van der Waals surface area contributed by atoms with Gasteiger partial charge in [0.1, 0.15) is 11.9 Å². The van der Waals surface area contributed by atoms with Gasteiger partial charge in [0.05, 0.1) is 11.4 Å². The highest BCUT2D eigenvalue weighted by Crippen LogP contribution is 2.30. The van der Waals surface area contributed by atoms with Gasteiger partial charge in [-0.1, -0.05) is 22.9 Å². The molecule has 2 aromatic carbocycles. The van der Waals surface area contributed by atoms with E-state index >= 15 is 0 Å². The Hall–Kier alpha value is -2.92. The molecular weight excluding hydrogens is 435 g/mol. The topological polar surface area (TPSA) is 85.5 Å². The molecule has 0 unspecified atom stereocenters. The van der Waals surface area contributed by atoms with Crippen LogP contribution >= 0.6 is 0 Å². The highest BCUT2D eigenvalue weighted by atomic mass is 32.2. The third-order valence-corrected chi connectivity index (χ3v) is 6.73. The van der Waals surface area contributed by atoms with Crippen molar-refractivity contribution in [1.29, 1.82) is 0 Å². The van der Waals surface area contributed by atoms with Crippen molar-refractivity contribution in [3.63, 3.8) is 0 Å². The maximum absolute atomic E-state index is 12.8. The first-order chi connectivity index (χ1) is 14.6. The minimum atomic E-state index is -4.71. The number of sulfonamides is 1. The van der Waals surface area contributed by atoms with Gasteiger partial charge in [0, 0.05) is 12.1 Å². The fraction of sp³-hybridized carbons (Fsp3) is 0.300. The van der Waals surface area contributed by atoms with E-state index in [2.05, 4.69) is 14.7 Å². The number of benzene rings is 2. The zero-order valence-electron chi connectivity index (χ0n) is 16.3. The van der Waals surface area contributed by atoms with E-state index in [4.69, 9.17) is 4.74 Å². The van der Waals surface area contributed by atoms with Gasteiger partial charge >= 0.3 is 12.1 Å². The smallest absolute Gasteiger partial charge is 0.471 e. The number of nitrogens with zero attached hydrogens (tertiary/aromatic N) is 3. The van der Waals surface area contributed by atoms with Gasteiger partial charge in [-0.3, -0.25) is 0 Å². The number of aromatic nitrogens is 2. The third kappa shape index (κ3) is 4.57. The van der Waals surface area contributed by atoms with Crippen LogP contribution in [0.1, 0.15) is 17.9 Å². The van der Waals surface area contributed by atoms with Gasteiger partial charge in [-0.05, 0) is 49.7 Å². The summed E-state index contributed by atoms with van der Waals surface area (Å²) in [5.41, 5.74) is 1.31. The molecule has 1 aromatic heterocycles. The molecule has 0 aliphatic carbocycles. The minimum Gasteiger partial charge on any atom is -0.489 e. The number of halogens is 3. The highest BCUT2D eigenvalue weighted by molar-refractivity contribution is 7.89. The molecule has 0 amide bonds. The van der Waals surface area contributed by atoms with E-state index in [0.29, 0.717) is 24.3 Å². The second kappa shape index (κ2) is 7.97. The summed E-state index contributed by atoms with van der Waals surface area (Å²) in [6.07, 6.45) is -4.53. The SMILES string of the molecule is Cc1ccc(S(=O)(=O)N2CC[C@@H](Oc3ccc(-c4noc(C(F)(F)F)n4)cc3)C2)cc1. The van der Waals surface area contributed by atoms with Crippen molar-refractivity contribution in [2.24, 2.45) is 0 Å². The lowest BCUT2D eigenvalue weighted by Crippen LogP contribution is -2.31. The summed E-state index contributed by atoms with van der Waals surface area (Å²) in [6.45, 7) is 2.43. The van der Waals surface area contributed by atoms with E-state index < -0.39 is 22.1 Å². The Morgan fingerprint density at radius 1 is 1.10 bits per heavy atom. The molecule has 11 heteroatoms. The van der Waals surface area contributed by atoms with Crippen molar-refractivity contribution in [1.82, 2.24) is 14.4 Å². The Balaban J connectivity index is 1.40. The number of rotatable bonds is 5. The summed E-state index contributed by atoms with van der Waals surface area (Å²) >= 11 is 0. The van der Waals surface area contributed by atoms with Gasteiger partial charge in [0.2, 0.25) is 15.8 Å². The number of hydrogen-bond acceptors (Lipinski definition) is 6. The van der Waals surface area contributed by atoms with E-state index in [9.17, 15) is 21.6 Å². The molecule has 31 heavy (non-hydrogen) atoms. The molecular formula is C20H18F3N3O4S. The lowest BCUT2D eigenvalue weighted by molar-refractivity contribution is -0.159. The first-order valence-corrected chi connectivity index (χ1v) is 10.8. The molecule has 4 rings (SSSR count). The molecule has 3 aromatic rings. The van der Waals surface area contributed by atoms with Crippen LogP contribution in [0.25, 0.3) is 11.4 Å². The molecule has 0 N–H and O–H groups in total. The molecule has 1 aliphatic rings. The van der Waals surface area contributed by atoms with Crippen molar-refractivity contribution < 1.29 is 30.8 Å². The zero-order valence-corrected chi connectivity index (χ0v) is 17.2. The van der Waals surface area contributed by atoms with E-state index in [1.54, 1.807) is 36.4 Å². The Bertz CT molecular complexity index is 1160. The Kier molecular flexibility index (Phi) is 5.48. The third-order valence-electron chi connectivity index (χ3n) is 4.85. The van der Waals surface area contributed by atoms with E-state index in [1.807, 2.05) is 6.92 Å². The van der Waals surface area contributed by atoms with Crippen molar-refractivity contribution in [2.45, 2.75) is 30.5 Å². The Morgan fingerprint density at radius 3 is 2.39 bits per heavy atom. The molecule has 1 atom stereocenters. The summed E-state index contributed by atoms with van der Waals surface area (Å²) in [7, 11) is -3.60. The molecule has 164 valence electrons. The first kappa shape index (κ1) is 21.3. The van der Waals surface area contributed by atoms with Crippen molar-refractivity contribution in [3.8, 4) is 17.1 Å². The summed E-state index contributed by atoms with van der Waals surface area (Å²) in [5, 5.41) is 3.34. The van der Waals surface area contributed by atoms with Crippen LogP contribution in [0.4, 0.5) is 13.2 Å². The predicted octanol–water partition coefficient (Wildman–Crippen LogP) is 3.91. The average Bonchev–Trinajstić information content (AvgIpc) is 3.39. The molecule has 0 bridgehead atoms. The first-order valence-electron chi connectivity index (χ1n) is 9.38. The average molecular weight is 453 g/mol. The van der Waals surface area contributed by atoms with Crippen LogP contribution in [0, 0.1) is 6.92 Å². The van der Waals surface area contributed by atoms with Crippen molar-refractivity contribution >= 4 is 10.0 Å². The van der Waals surface area contributed by atoms with E-state index in [1.165, 1.54) is 16.4 Å². The fourth-order valence-corrected chi connectivity index (χ4v) is 4.69. The number of ether oxygens (including phenoxy) is 1. The van der Waals surface area contributed by atoms with Gasteiger partial charge in [-0.25, -0.2) is 8.42 Å². The van der Waals surface area contributed by atoms with Crippen LogP contribution in [0.5, 0.6) is 5.75 Å². The van der Waals surface area contributed by atoms with Gasteiger partial charge in [-0.2, -0.15) is 22.5 Å². The van der Waals surface area contributed by atoms with E-state index in [0.717, 1.165) is 5.56 Å². The Labute approximate surface area is 176 Å². The van der Waals surface area contributed by atoms with Gasteiger partial charge in [0.25, 0.3) is 0 Å². The van der Waals surface area contributed by atoms with E-state index in [-0.39, 0.29) is 23.4 Å². The molecule has 0 spiro atoms. The normalized spacial score (nSPS) is 17.7. The maximum Gasteiger partial charge on any atom is 0.471 e. The monoisotopic (exact) mass is 453 g/mol. The zero-order chi connectivity index (χ0) is 22.2. The lowest BCUT2D eigenvalue weighted by Gasteiger charge is -2.17. The number of hydrogen-bond donors (Lipinski definition) is 0. The summed E-state index contributed by atoms with van der Waals surface area (Å²) in [6, 6.07) is 12.8. The predicted molar refractivity (Wildman–Crippen MR) is 104 cm³/mol. The van der Waals surface area contributed by atoms with Crippen LogP contribution in [-0.4, -0.2) is 42.1 Å². The molecule has 0 saturated carbocycles. The minimum absolute atomic E-state index is 0.185. The van der Waals surface area contributed by atoms with Crippen LogP contribution in [0.15, 0.2) is 57.9 Å². The van der Waals surface area contributed by atoms with Gasteiger partial charge in [0.15, 0.2) is 0 Å². The second-order valence-electron chi connectivity index (χ2n) is 7.15. The van der Waals surface area contributed by atoms with Gasteiger partial charge < -0.3 is 9.26 Å². The van der Waals surface area contributed by atoms with Gasteiger partial charge in [-0.15, -0.1) is 0 Å². The van der Waals surface area contributed by atoms with Crippen LogP contribution in [-0.2, 0) is 16.2 Å². The Morgan fingerprint density at radius 2 is 1.77 bits per heavy atom. The largest absolute Gasteiger partial charge is 0.489 e. The summed E-state index contributed by atoms with van der Waals surface area (Å²) < 4.78 is 74.8. The van der Waals surface area contributed by atoms with Crippen molar-refractivity contribution in [2.75, 3.05) is 13.1 Å². The molecule has 1 fully saturated rings. The number of aryl methyl sites for hydroxylation is 1. The number of alkyl halides is 3. The molecule has 2 heterocycles.